The van der Waals surface area contributed by atoms with Crippen LogP contribution in [0.5, 0.6) is 0 Å². The van der Waals surface area contributed by atoms with Gasteiger partial charge in [0.2, 0.25) is 0 Å². The lowest BCUT2D eigenvalue weighted by molar-refractivity contribution is 0.617. The number of hydrogen-bond donors (Lipinski definition) is 2. The zero-order valence-corrected chi connectivity index (χ0v) is 10.4. The number of benzene rings is 1. The lowest BCUT2D eigenvalue weighted by Gasteiger charge is -2.04. The van der Waals surface area contributed by atoms with E-state index < -0.39 is 0 Å². The van der Waals surface area contributed by atoms with E-state index in [4.69, 9.17) is 11.1 Å². The molecule has 0 spiro atoms. The minimum Gasteiger partial charge on any atom is -0.384 e. The number of hydrogen-bond acceptors (Lipinski definition) is 4. The fourth-order valence-corrected chi connectivity index (χ4v) is 2.88. The summed E-state index contributed by atoms with van der Waals surface area (Å²) in [5.74, 6) is 0.0714. The number of nitrogens with two attached hydrogens (primary N) is 1. The molecule has 88 valence electrons. The first-order chi connectivity index (χ1) is 8.16. The van der Waals surface area contributed by atoms with Gasteiger partial charge in [-0.05, 0) is 11.6 Å². The lowest BCUT2D eigenvalue weighted by atomic mass is 10.1. The van der Waals surface area contributed by atoms with Crippen molar-refractivity contribution >= 4 is 28.9 Å². The lowest BCUT2D eigenvalue weighted by Crippen LogP contribution is -2.11. The number of rotatable bonds is 4. The van der Waals surface area contributed by atoms with Gasteiger partial charge in [-0.3, -0.25) is 5.41 Å². The van der Waals surface area contributed by atoms with E-state index in [1.165, 1.54) is 29.2 Å². The molecule has 0 saturated heterocycles. The van der Waals surface area contributed by atoms with Crippen LogP contribution >= 0.6 is 23.1 Å². The summed E-state index contributed by atoms with van der Waals surface area (Å²) in [6.45, 7) is 0. The predicted molar refractivity (Wildman–Crippen MR) is 69.1 cm³/mol. The molecule has 0 unspecified atom stereocenters. The van der Waals surface area contributed by atoms with Gasteiger partial charge in [-0.15, -0.1) is 11.3 Å². The van der Waals surface area contributed by atoms with Crippen LogP contribution in [0.1, 0.15) is 11.1 Å². The number of halogens is 1. The van der Waals surface area contributed by atoms with Gasteiger partial charge in [0.15, 0.2) is 0 Å². The van der Waals surface area contributed by atoms with Crippen molar-refractivity contribution in [2.75, 3.05) is 0 Å². The topological polar surface area (TPSA) is 62.8 Å². The fraction of sp³-hybridized carbons (Fsp3) is 0.0909. The Morgan fingerprint density at radius 1 is 1.53 bits per heavy atom. The summed E-state index contributed by atoms with van der Waals surface area (Å²) in [5.41, 5.74) is 6.29. The maximum absolute atomic E-state index is 13.7. The summed E-state index contributed by atoms with van der Waals surface area (Å²) in [4.78, 5) is 4.11. The first kappa shape index (κ1) is 12.1. The van der Waals surface area contributed by atoms with E-state index in [-0.39, 0.29) is 11.7 Å². The number of nitrogen functional groups attached to an aromatic ring is 1. The van der Waals surface area contributed by atoms with E-state index in [9.17, 15) is 4.39 Å². The zero-order valence-electron chi connectivity index (χ0n) is 8.81. The molecule has 0 aliphatic carbocycles. The molecule has 0 aliphatic heterocycles. The first-order valence-corrected chi connectivity index (χ1v) is 6.68. The molecule has 1 aromatic carbocycles. The van der Waals surface area contributed by atoms with Crippen LogP contribution in [0.3, 0.4) is 0 Å². The number of nitrogens with zero attached hydrogens (tertiary/aromatic N) is 1. The minimum absolute atomic E-state index is 0.122. The summed E-state index contributed by atoms with van der Waals surface area (Å²) in [7, 11) is 0. The van der Waals surface area contributed by atoms with Crippen LogP contribution in [0.15, 0.2) is 34.1 Å². The molecule has 1 heterocycles. The molecular formula is C11H10FN3S2. The van der Waals surface area contributed by atoms with E-state index in [1.807, 2.05) is 5.38 Å². The second-order valence-electron chi connectivity index (χ2n) is 3.31. The Kier molecular flexibility index (Phi) is 3.75. The Morgan fingerprint density at radius 3 is 2.94 bits per heavy atom. The molecule has 0 fully saturated rings. The van der Waals surface area contributed by atoms with Crippen LogP contribution in [0, 0.1) is 11.2 Å². The third-order valence-electron chi connectivity index (χ3n) is 2.12. The first-order valence-electron chi connectivity index (χ1n) is 4.82. The van der Waals surface area contributed by atoms with Crippen LogP contribution in [0.2, 0.25) is 0 Å². The van der Waals surface area contributed by atoms with E-state index in [2.05, 4.69) is 4.98 Å². The van der Waals surface area contributed by atoms with E-state index in [0.29, 0.717) is 16.9 Å². The van der Waals surface area contributed by atoms with Crippen LogP contribution in [-0.4, -0.2) is 10.8 Å². The number of thiazole rings is 1. The predicted octanol–water partition coefficient (Wildman–Crippen LogP) is 2.86. The molecular weight excluding hydrogens is 257 g/mol. The van der Waals surface area contributed by atoms with Gasteiger partial charge in [-0.1, -0.05) is 23.9 Å². The normalized spacial score (nSPS) is 10.4. The maximum atomic E-state index is 13.7. The maximum Gasteiger partial charge on any atom is 0.150 e. The Morgan fingerprint density at radius 2 is 2.35 bits per heavy atom. The molecule has 2 aromatic rings. The van der Waals surface area contributed by atoms with E-state index in [0.717, 1.165) is 4.34 Å². The van der Waals surface area contributed by atoms with Gasteiger partial charge in [0.25, 0.3) is 0 Å². The highest BCUT2D eigenvalue weighted by molar-refractivity contribution is 8.00. The van der Waals surface area contributed by atoms with Crippen molar-refractivity contribution in [3.8, 4) is 0 Å². The number of aromatic nitrogens is 1. The molecule has 2 rings (SSSR count). The second-order valence-corrected chi connectivity index (χ2v) is 5.42. The second kappa shape index (κ2) is 5.29. The van der Waals surface area contributed by atoms with Crippen molar-refractivity contribution in [3.63, 3.8) is 0 Å². The van der Waals surface area contributed by atoms with Crippen molar-refractivity contribution in [2.24, 2.45) is 5.73 Å². The smallest absolute Gasteiger partial charge is 0.150 e. The monoisotopic (exact) mass is 267 g/mol. The molecule has 3 nitrogen and oxygen atoms in total. The van der Waals surface area contributed by atoms with Crippen molar-refractivity contribution in [1.82, 2.24) is 4.98 Å². The summed E-state index contributed by atoms with van der Waals surface area (Å²) in [6, 6.07) is 4.61. The van der Waals surface area contributed by atoms with Crippen molar-refractivity contribution in [2.45, 2.75) is 10.1 Å². The van der Waals surface area contributed by atoms with E-state index in [1.54, 1.807) is 18.3 Å². The summed E-state index contributed by atoms with van der Waals surface area (Å²) >= 11 is 3.02. The molecule has 0 radical (unpaired) electrons. The number of amidine groups is 1. The highest BCUT2D eigenvalue weighted by Crippen LogP contribution is 2.25. The van der Waals surface area contributed by atoms with Gasteiger partial charge in [-0.25, -0.2) is 9.37 Å². The van der Waals surface area contributed by atoms with Crippen LogP contribution in [0.25, 0.3) is 0 Å². The Hall–Kier alpha value is -1.40. The molecule has 0 atom stereocenters. The van der Waals surface area contributed by atoms with Gasteiger partial charge < -0.3 is 5.73 Å². The molecule has 1 aromatic heterocycles. The number of nitrogens with one attached hydrogen (secondary N) is 1. The molecule has 0 bridgehead atoms. The van der Waals surface area contributed by atoms with Crippen molar-refractivity contribution in [3.05, 3.63) is 46.7 Å². The minimum atomic E-state index is -0.332. The standard InChI is InChI=1S/C11H10FN3S2/c12-9-5-7(10(13)14)1-2-8(9)6-17-11-15-3-4-16-11/h1-5H,6H2,(H3,13,14). The van der Waals surface area contributed by atoms with Gasteiger partial charge in [-0.2, -0.15) is 0 Å². The third kappa shape index (κ3) is 3.04. The summed E-state index contributed by atoms with van der Waals surface area (Å²) < 4.78 is 14.6. The van der Waals surface area contributed by atoms with Gasteiger partial charge in [0.05, 0.1) is 0 Å². The molecule has 0 aliphatic rings. The van der Waals surface area contributed by atoms with Crippen LogP contribution in [-0.2, 0) is 5.75 Å². The summed E-state index contributed by atoms with van der Waals surface area (Å²) in [5, 5.41) is 9.10. The Labute approximate surface area is 106 Å². The van der Waals surface area contributed by atoms with Gasteiger partial charge in [0.1, 0.15) is 16.0 Å². The van der Waals surface area contributed by atoms with Crippen molar-refractivity contribution in [1.29, 1.82) is 5.41 Å². The molecule has 0 saturated carbocycles. The fourth-order valence-electron chi connectivity index (χ4n) is 1.25. The SMILES string of the molecule is N=C(N)c1ccc(CSc2nccs2)c(F)c1. The number of thioether (sulfide) groups is 1. The van der Waals surface area contributed by atoms with Crippen LogP contribution in [0.4, 0.5) is 4.39 Å². The highest BCUT2D eigenvalue weighted by Gasteiger charge is 2.06. The van der Waals surface area contributed by atoms with Gasteiger partial charge >= 0.3 is 0 Å². The largest absolute Gasteiger partial charge is 0.384 e. The quantitative estimate of drug-likeness (QED) is 0.508. The van der Waals surface area contributed by atoms with Crippen LogP contribution < -0.4 is 5.73 Å². The molecule has 3 N–H and O–H groups in total. The van der Waals surface area contributed by atoms with E-state index >= 15 is 0 Å². The average Bonchev–Trinajstić information content (AvgIpc) is 2.80. The highest BCUT2D eigenvalue weighted by atomic mass is 32.2. The Bertz CT molecular complexity index is 526. The molecule has 0 amide bonds. The summed E-state index contributed by atoms with van der Waals surface area (Å²) in [6.07, 6.45) is 1.72. The molecule has 6 heteroatoms. The molecule has 17 heavy (non-hydrogen) atoms. The third-order valence-corrected chi connectivity index (χ3v) is 4.14. The Balaban J connectivity index is 2.09. The van der Waals surface area contributed by atoms with Crippen molar-refractivity contribution < 1.29 is 4.39 Å². The zero-order chi connectivity index (χ0) is 12.3. The van der Waals surface area contributed by atoms with Gasteiger partial charge in [0, 0.05) is 22.9 Å². The average molecular weight is 267 g/mol.